The molecule has 0 aliphatic rings. The van der Waals surface area contributed by atoms with Crippen molar-refractivity contribution in [1.82, 2.24) is 8.75 Å². The number of fused-ring (bicyclic) bond motifs is 1. The average molecular weight is 243 g/mol. The zero-order valence-corrected chi connectivity index (χ0v) is 9.77. The first-order chi connectivity index (χ1) is 7.22. The number of hydrogen-bond donors (Lipinski definition) is 2. The van der Waals surface area contributed by atoms with Gasteiger partial charge in [-0.1, -0.05) is 11.6 Å². The topological polar surface area (TPSA) is 63.8 Å². The molecule has 0 amide bonds. The Morgan fingerprint density at radius 2 is 2.33 bits per heavy atom. The van der Waals surface area contributed by atoms with Gasteiger partial charge in [-0.2, -0.15) is 8.75 Å². The molecule has 0 fully saturated rings. The van der Waals surface area contributed by atoms with Gasteiger partial charge in [0.15, 0.2) is 0 Å². The molecule has 1 aromatic carbocycles. The Bertz CT molecular complexity index is 470. The number of nitrogens with one attached hydrogen (secondary N) is 1. The zero-order valence-electron chi connectivity index (χ0n) is 8.20. The minimum Gasteiger partial charge on any atom is -0.378 e. The van der Waals surface area contributed by atoms with Crippen molar-refractivity contribution in [3.63, 3.8) is 0 Å². The summed E-state index contributed by atoms with van der Waals surface area (Å²) >= 11 is 7.28. The van der Waals surface area contributed by atoms with Crippen LogP contribution < -0.4 is 11.1 Å². The maximum atomic E-state index is 6.09. The van der Waals surface area contributed by atoms with Gasteiger partial charge in [-0.05, 0) is 19.1 Å². The molecule has 0 saturated carbocycles. The van der Waals surface area contributed by atoms with Crippen LogP contribution in [-0.2, 0) is 0 Å². The van der Waals surface area contributed by atoms with Gasteiger partial charge in [-0.3, -0.25) is 0 Å². The Labute approximate surface area is 96.8 Å². The lowest BCUT2D eigenvalue weighted by Crippen LogP contribution is -2.25. The van der Waals surface area contributed by atoms with E-state index in [0.29, 0.717) is 11.6 Å². The van der Waals surface area contributed by atoms with Gasteiger partial charge in [0.2, 0.25) is 0 Å². The first-order valence-corrected chi connectivity index (χ1v) is 5.70. The molecule has 2 aromatic rings. The lowest BCUT2D eigenvalue weighted by atomic mass is 10.2. The SMILES string of the molecule is CC(CN)Nc1c(Cl)ccc2nsnc12. The summed E-state index contributed by atoms with van der Waals surface area (Å²) in [7, 11) is 0. The number of anilines is 1. The van der Waals surface area contributed by atoms with Crippen LogP contribution in [0.25, 0.3) is 11.0 Å². The van der Waals surface area contributed by atoms with Gasteiger partial charge < -0.3 is 11.1 Å². The highest BCUT2D eigenvalue weighted by Crippen LogP contribution is 2.30. The molecule has 1 aromatic heterocycles. The smallest absolute Gasteiger partial charge is 0.129 e. The molecule has 6 heteroatoms. The minimum atomic E-state index is 0.162. The van der Waals surface area contributed by atoms with Crippen LogP contribution >= 0.6 is 23.3 Å². The van der Waals surface area contributed by atoms with Crippen LogP contribution in [0.1, 0.15) is 6.92 Å². The Morgan fingerprint density at radius 1 is 1.53 bits per heavy atom. The molecule has 0 saturated heterocycles. The number of halogens is 1. The molecule has 1 atom stereocenters. The van der Waals surface area contributed by atoms with Gasteiger partial charge in [-0.25, -0.2) is 0 Å². The largest absolute Gasteiger partial charge is 0.378 e. The van der Waals surface area contributed by atoms with E-state index in [4.69, 9.17) is 17.3 Å². The molecule has 0 aliphatic heterocycles. The third-order valence-electron chi connectivity index (χ3n) is 2.12. The second-order valence-electron chi connectivity index (χ2n) is 3.34. The number of benzene rings is 1. The molecule has 0 aliphatic carbocycles. The Hall–Kier alpha value is -0.910. The van der Waals surface area contributed by atoms with Crippen LogP contribution in [0.5, 0.6) is 0 Å². The van der Waals surface area contributed by atoms with Crippen molar-refractivity contribution in [1.29, 1.82) is 0 Å². The van der Waals surface area contributed by atoms with Crippen molar-refractivity contribution in [3.8, 4) is 0 Å². The van der Waals surface area contributed by atoms with Crippen molar-refractivity contribution >= 4 is 40.0 Å². The van der Waals surface area contributed by atoms with E-state index in [1.54, 1.807) is 0 Å². The summed E-state index contributed by atoms with van der Waals surface area (Å²) in [5, 5.41) is 3.88. The number of nitrogens with two attached hydrogens (primary N) is 1. The summed E-state index contributed by atoms with van der Waals surface area (Å²) in [5.74, 6) is 0. The van der Waals surface area contributed by atoms with E-state index in [1.165, 1.54) is 11.7 Å². The van der Waals surface area contributed by atoms with Gasteiger partial charge in [0.1, 0.15) is 11.0 Å². The first-order valence-electron chi connectivity index (χ1n) is 4.59. The van der Waals surface area contributed by atoms with Gasteiger partial charge in [0.25, 0.3) is 0 Å². The standard InChI is InChI=1S/C9H11ClN4S/c1-5(4-11)12-8-6(10)2-3-7-9(8)14-15-13-7/h2-3,5,12H,4,11H2,1H3. The zero-order chi connectivity index (χ0) is 10.8. The summed E-state index contributed by atoms with van der Waals surface area (Å²) in [5.41, 5.74) is 8.04. The fourth-order valence-corrected chi connectivity index (χ4v) is 2.02. The number of aromatic nitrogens is 2. The second-order valence-corrected chi connectivity index (χ2v) is 4.27. The predicted molar refractivity (Wildman–Crippen MR) is 64.6 cm³/mol. The van der Waals surface area contributed by atoms with E-state index >= 15 is 0 Å². The number of hydrogen-bond acceptors (Lipinski definition) is 5. The van der Waals surface area contributed by atoms with Crippen LogP contribution in [0.4, 0.5) is 5.69 Å². The molecule has 80 valence electrons. The molecule has 2 rings (SSSR count). The van der Waals surface area contributed by atoms with Gasteiger partial charge >= 0.3 is 0 Å². The highest BCUT2D eigenvalue weighted by atomic mass is 35.5. The van der Waals surface area contributed by atoms with Gasteiger partial charge in [0.05, 0.1) is 22.4 Å². The Morgan fingerprint density at radius 3 is 3.07 bits per heavy atom. The van der Waals surface area contributed by atoms with Crippen LogP contribution in [0.2, 0.25) is 5.02 Å². The van der Waals surface area contributed by atoms with Crippen LogP contribution in [0.15, 0.2) is 12.1 Å². The lowest BCUT2D eigenvalue weighted by Gasteiger charge is -2.14. The van der Waals surface area contributed by atoms with E-state index in [9.17, 15) is 0 Å². The fraction of sp³-hybridized carbons (Fsp3) is 0.333. The summed E-state index contributed by atoms with van der Waals surface area (Å²) in [6.45, 7) is 2.54. The van der Waals surface area contributed by atoms with Crippen molar-refractivity contribution in [3.05, 3.63) is 17.2 Å². The van der Waals surface area contributed by atoms with E-state index in [0.717, 1.165) is 16.7 Å². The molecule has 0 spiro atoms. The van der Waals surface area contributed by atoms with Crippen molar-refractivity contribution in [2.45, 2.75) is 13.0 Å². The van der Waals surface area contributed by atoms with Crippen LogP contribution in [-0.4, -0.2) is 21.3 Å². The number of nitrogens with zero attached hydrogens (tertiary/aromatic N) is 2. The maximum Gasteiger partial charge on any atom is 0.129 e. The van der Waals surface area contributed by atoms with Crippen molar-refractivity contribution in [2.75, 3.05) is 11.9 Å². The van der Waals surface area contributed by atoms with Crippen LogP contribution in [0, 0.1) is 0 Å². The highest BCUT2D eigenvalue weighted by Gasteiger charge is 2.11. The second kappa shape index (κ2) is 4.30. The molecular weight excluding hydrogens is 232 g/mol. The van der Waals surface area contributed by atoms with Crippen LogP contribution in [0.3, 0.4) is 0 Å². The quantitative estimate of drug-likeness (QED) is 0.865. The fourth-order valence-electron chi connectivity index (χ4n) is 1.27. The molecule has 0 radical (unpaired) electrons. The summed E-state index contributed by atoms with van der Waals surface area (Å²) < 4.78 is 8.36. The molecule has 0 bridgehead atoms. The molecule has 4 nitrogen and oxygen atoms in total. The molecule has 1 heterocycles. The van der Waals surface area contributed by atoms with E-state index in [-0.39, 0.29) is 6.04 Å². The monoisotopic (exact) mass is 242 g/mol. The first kappa shape index (κ1) is 10.6. The molecule has 1 unspecified atom stereocenters. The number of rotatable bonds is 3. The van der Waals surface area contributed by atoms with E-state index < -0.39 is 0 Å². The minimum absolute atomic E-state index is 0.162. The summed E-state index contributed by atoms with van der Waals surface area (Å²) in [4.78, 5) is 0. The molecule has 15 heavy (non-hydrogen) atoms. The average Bonchev–Trinajstić information content (AvgIpc) is 2.70. The third kappa shape index (κ3) is 2.04. The van der Waals surface area contributed by atoms with Crippen molar-refractivity contribution < 1.29 is 0 Å². The highest BCUT2D eigenvalue weighted by molar-refractivity contribution is 7.00. The Balaban J connectivity index is 2.47. The van der Waals surface area contributed by atoms with Crippen molar-refractivity contribution in [2.24, 2.45) is 5.73 Å². The summed E-state index contributed by atoms with van der Waals surface area (Å²) in [6.07, 6.45) is 0. The molecule has 3 N–H and O–H groups in total. The summed E-state index contributed by atoms with van der Waals surface area (Å²) in [6, 6.07) is 3.84. The maximum absolute atomic E-state index is 6.09. The normalized spacial score (nSPS) is 13.0. The third-order valence-corrected chi connectivity index (χ3v) is 2.98. The van der Waals surface area contributed by atoms with E-state index in [1.807, 2.05) is 19.1 Å². The lowest BCUT2D eigenvalue weighted by molar-refractivity contribution is 0.805. The molecular formula is C9H11ClN4S. The Kier molecular flexibility index (Phi) is 3.04. The van der Waals surface area contributed by atoms with Gasteiger partial charge in [-0.15, -0.1) is 0 Å². The predicted octanol–water partition coefficient (Wildman–Crippen LogP) is 2.10. The van der Waals surface area contributed by atoms with E-state index in [2.05, 4.69) is 14.1 Å². The van der Waals surface area contributed by atoms with Gasteiger partial charge in [0, 0.05) is 12.6 Å².